The first-order valence-corrected chi connectivity index (χ1v) is 12.1. The number of hydrogen-bond acceptors (Lipinski definition) is 5. The number of aromatic nitrogens is 1. The number of rotatable bonds is 7. The summed E-state index contributed by atoms with van der Waals surface area (Å²) in [4.78, 5) is 12.8. The number of nitrogens with zero attached hydrogens (tertiary/aromatic N) is 1. The van der Waals surface area contributed by atoms with Crippen molar-refractivity contribution in [3.8, 4) is 11.3 Å². The fourth-order valence-corrected chi connectivity index (χ4v) is 5.44. The second kappa shape index (κ2) is 9.28. The molecule has 0 amide bonds. The van der Waals surface area contributed by atoms with Gasteiger partial charge in [0.15, 0.2) is 27.1 Å². The third kappa shape index (κ3) is 4.93. The maximum absolute atomic E-state index is 13.4. The zero-order valence-corrected chi connectivity index (χ0v) is 18.9. The predicted molar refractivity (Wildman–Crippen MR) is 125 cm³/mol. The Kier molecular flexibility index (Phi) is 6.46. The third-order valence-electron chi connectivity index (χ3n) is 4.89. The van der Waals surface area contributed by atoms with Crippen molar-refractivity contribution in [2.75, 3.05) is 5.75 Å². The number of ketones is 1. The smallest absolute Gasteiger partial charge is 0.199 e. The van der Waals surface area contributed by atoms with Crippen molar-refractivity contribution in [2.45, 2.75) is 5.25 Å². The van der Waals surface area contributed by atoms with Crippen molar-refractivity contribution in [1.82, 2.24) is 5.16 Å². The topological polar surface area (TPSA) is 77.2 Å². The molecule has 0 spiro atoms. The van der Waals surface area contributed by atoms with Gasteiger partial charge in [-0.3, -0.25) is 4.79 Å². The molecule has 0 radical (unpaired) electrons. The highest BCUT2D eigenvalue weighted by atomic mass is 35.5. The van der Waals surface area contributed by atoms with Crippen LogP contribution in [0.2, 0.25) is 10.0 Å². The van der Waals surface area contributed by atoms with Gasteiger partial charge in [-0.05, 0) is 35.4 Å². The highest BCUT2D eigenvalue weighted by Crippen LogP contribution is 2.33. The molecule has 3 aromatic carbocycles. The Balaban J connectivity index is 1.65. The maximum atomic E-state index is 13.4. The average molecular weight is 486 g/mol. The van der Waals surface area contributed by atoms with Crippen LogP contribution < -0.4 is 0 Å². The molecule has 162 valence electrons. The summed E-state index contributed by atoms with van der Waals surface area (Å²) in [5.41, 5.74) is 1.69. The Labute approximate surface area is 195 Å². The molecule has 0 unspecified atom stereocenters. The quantitative estimate of drug-likeness (QED) is 0.298. The molecule has 0 saturated heterocycles. The maximum Gasteiger partial charge on any atom is 0.199 e. The first kappa shape index (κ1) is 22.3. The van der Waals surface area contributed by atoms with Crippen LogP contribution in [0.4, 0.5) is 0 Å². The number of carbonyl (C=O) groups excluding carboxylic acids is 1. The zero-order valence-electron chi connectivity index (χ0n) is 16.6. The summed E-state index contributed by atoms with van der Waals surface area (Å²) in [6, 6.07) is 23.5. The zero-order chi connectivity index (χ0) is 22.7. The number of carbonyl (C=O) groups is 1. The van der Waals surface area contributed by atoms with E-state index in [4.69, 9.17) is 27.7 Å². The Hall–Kier alpha value is -2.93. The largest absolute Gasteiger partial charge is 0.356 e. The van der Waals surface area contributed by atoms with Crippen LogP contribution in [0.5, 0.6) is 0 Å². The lowest BCUT2D eigenvalue weighted by atomic mass is 10.0. The molecule has 0 saturated carbocycles. The SMILES string of the molecule is O=C(CS(=O)(=O)C(c1ccc(Cl)cc1)c1ccc(Cl)cc1)c1cc(-c2ccccc2)on1. The average Bonchev–Trinajstić information content (AvgIpc) is 3.27. The predicted octanol–water partition coefficient (Wildman–Crippen LogP) is 6.04. The summed E-state index contributed by atoms with van der Waals surface area (Å²) in [5, 5.41) is 3.67. The van der Waals surface area contributed by atoms with E-state index < -0.39 is 26.6 Å². The van der Waals surface area contributed by atoms with Crippen LogP contribution in [0.15, 0.2) is 89.5 Å². The van der Waals surface area contributed by atoms with Crippen molar-refractivity contribution in [2.24, 2.45) is 0 Å². The Morgan fingerprint density at radius 2 is 1.38 bits per heavy atom. The van der Waals surface area contributed by atoms with Gasteiger partial charge >= 0.3 is 0 Å². The minimum Gasteiger partial charge on any atom is -0.356 e. The van der Waals surface area contributed by atoms with Gasteiger partial charge in [0.05, 0.1) is 0 Å². The van der Waals surface area contributed by atoms with Crippen LogP contribution in [0.1, 0.15) is 26.9 Å². The summed E-state index contributed by atoms with van der Waals surface area (Å²) >= 11 is 11.9. The fourth-order valence-electron chi connectivity index (χ4n) is 3.37. The fraction of sp³-hybridized carbons (Fsp3) is 0.0833. The van der Waals surface area contributed by atoms with Crippen LogP contribution in [0.3, 0.4) is 0 Å². The van der Waals surface area contributed by atoms with Crippen molar-refractivity contribution in [3.05, 3.63) is 112 Å². The van der Waals surface area contributed by atoms with Gasteiger partial charge in [0, 0.05) is 21.7 Å². The molecule has 32 heavy (non-hydrogen) atoms. The Morgan fingerprint density at radius 3 is 1.91 bits per heavy atom. The van der Waals surface area contributed by atoms with Crippen molar-refractivity contribution >= 4 is 38.8 Å². The molecular weight excluding hydrogens is 469 g/mol. The summed E-state index contributed by atoms with van der Waals surface area (Å²) in [6.07, 6.45) is 0. The van der Waals surface area contributed by atoms with E-state index in [0.29, 0.717) is 26.9 Å². The van der Waals surface area contributed by atoms with Crippen molar-refractivity contribution in [3.63, 3.8) is 0 Å². The molecule has 5 nitrogen and oxygen atoms in total. The minimum absolute atomic E-state index is 0.0432. The number of halogens is 2. The van der Waals surface area contributed by atoms with E-state index in [1.807, 2.05) is 30.3 Å². The molecule has 4 rings (SSSR count). The summed E-state index contributed by atoms with van der Waals surface area (Å²) < 4.78 is 32.1. The summed E-state index contributed by atoms with van der Waals surface area (Å²) in [5.74, 6) is -0.994. The van der Waals surface area contributed by atoms with Crippen LogP contribution in [-0.4, -0.2) is 25.1 Å². The van der Waals surface area contributed by atoms with E-state index in [-0.39, 0.29) is 5.69 Å². The van der Waals surface area contributed by atoms with Gasteiger partial charge in [-0.2, -0.15) is 0 Å². The molecule has 0 bridgehead atoms. The van der Waals surface area contributed by atoms with Gasteiger partial charge in [-0.15, -0.1) is 0 Å². The minimum atomic E-state index is -3.97. The van der Waals surface area contributed by atoms with Gasteiger partial charge in [0.2, 0.25) is 0 Å². The molecule has 0 aliphatic carbocycles. The molecular formula is C24H17Cl2NO4S. The first-order chi connectivity index (χ1) is 15.3. The summed E-state index contributed by atoms with van der Waals surface area (Å²) in [7, 11) is -3.97. The second-order valence-electron chi connectivity index (χ2n) is 7.16. The van der Waals surface area contributed by atoms with Crippen molar-refractivity contribution in [1.29, 1.82) is 0 Å². The first-order valence-electron chi connectivity index (χ1n) is 9.61. The molecule has 4 aromatic rings. The van der Waals surface area contributed by atoms with E-state index in [2.05, 4.69) is 5.16 Å². The molecule has 1 aromatic heterocycles. The number of sulfone groups is 1. The van der Waals surface area contributed by atoms with E-state index in [1.54, 1.807) is 48.5 Å². The highest BCUT2D eigenvalue weighted by molar-refractivity contribution is 7.92. The monoisotopic (exact) mass is 485 g/mol. The van der Waals surface area contributed by atoms with E-state index in [0.717, 1.165) is 5.56 Å². The van der Waals surface area contributed by atoms with Crippen molar-refractivity contribution < 1.29 is 17.7 Å². The normalized spacial score (nSPS) is 11.6. The lowest BCUT2D eigenvalue weighted by Crippen LogP contribution is -2.23. The molecule has 8 heteroatoms. The van der Waals surface area contributed by atoms with Gasteiger partial charge < -0.3 is 4.52 Å². The second-order valence-corrected chi connectivity index (χ2v) is 10.1. The van der Waals surface area contributed by atoms with E-state index in [9.17, 15) is 13.2 Å². The van der Waals surface area contributed by atoms with Gasteiger partial charge in [0.25, 0.3) is 0 Å². The van der Waals surface area contributed by atoms with Gasteiger partial charge in [-0.25, -0.2) is 8.42 Å². The molecule has 1 heterocycles. The highest BCUT2D eigenvalue weighted by Gasteiger charge is 2.32. The molecule has 0 aliphatic rings. The molecule has 0 atom stereocenters. The number of hydrogen-bond donors (Lipinski definition) is 0. The van der Waals surface area contributed by atoms with Crippen LogP contribution >= 0.6 is 23.2 Å². The van der Waals surface area contributed by atoms with Gasteiger partial charge in [0.1, 0.15) is 11.0 Å². The lowest BCUT2D eigenvalue weighted by Gasteiger charge is -2.18. The number of benzene rings is 3. The Morgan fingerprint density at radius 1 is 0.844 bits per heavy atom. The van der Waals surface area contributed by atoms with Crippen LogP contribution in [-0.2, 0) is 9.84 Å². The van der Waals surface area contributed by atoms with Gasteiger partial charge in [-0.1, -0.05) is 83.0 Å². The van der Waals surface area contributed by atoms with Crippen LogP contribution in [0.25, 0.3) is 11.3 Å². The lowest BCUT2D eigenvalue weighted by molar-refractivity contribution is 0.101. The standard InChI is InChI=1S/C24H17Cl2NO4S/c25-19-10-6-17(7-11-19)24(18-8-12-20(26)13-9-18)32(29,30)15-22(28)21-14-23(31-27-21)16-4-2-1-3-5-16/h1-14,24H,15H2. The third-order valence-corrected chi connectivity index (χ3v) is 7.32. The number of Topliss-reactive ketones (excluding diaryl/α,β-unsaturated/α-hetero) is 1. The molecule has 0 aliphatic heterocycles. The van der Waals surface area contributed by atoms with Crippen LogP contribution in [0, 0.1) is 0 Å². The Bertz CT molecular complexity index is 1290. The van der Waals surface area contributed by atoms with E-state index >= 15 is 0 Å². The molecule has 0 N–H and O–H groups in total. The molecule has 0 fully saturated rings. The summed E-state index contributed by atoms with van der Waals surface area (Å²) in [6.45, 7) is 0. The van der Waals surface area contributed by atoms with E-state index in [1.165, 1.54) is 6.07 Å².